The molecular formula is C19H27N9O4S. The van der Waals surface area contributed by atoms with Gasteiger partial charge in [0.05, 0.1) is 37.1 Å². The van der Waals surface area contributed by atoms with Crippen LogP contribution in [0, 0.1) is 0 Å². The van der Waals surface area contributed by atoms with E-state index >= 15 is 0 Å². The van der Waals surface area contributed by atoms with Crippen molar-refractivity contribution in [2.24, 2.45) is 5.14 Å². The summed E-state index contributed by atoms with van der Waals surface area (Å²) in [5.41, 5.74) is 7.99. The highest BCUT2D eigenvalue weighted by Crippen LogP contribution is 2.38. The summed E-state index contributed by atoms with van der Waals surface area (Å²) in [5, 5.41) is 16.0. The Morgan fingerprint density at radius 3 is 2.58 bits per heavy atom. The summed E-state index contributed by atoms with van der Waals surface area (Å²) in [5.74, 6) is 1.38. The van der Waals surface area contributed by atoms with Crippen molar-refractivity contribution in [3.8, 4) is 11.3 Å². The smallest absolute Gasteiger partial charge is 0.277 e. The second-order valence-electron chi connectivity index (χ2n) is 8.56. The second-order valence-corrected chi connectivity index (χ2v) is 10.1. The van der Waals surface area contributed by atoms with Crippen LogP contribution < -0.4 is 20.7 Å². The predicted molar refractivity (Wildman–Crippen MR) is 121 cm³/mol. The summed E-state index contributed by atoms with van der Waals surface area (Å²) < 4.78 is 30.4. The lowest BCUT2D eigenvalue weighted by molar-refractivity contribution is 0.0981. The number of aromatic nitrogens is 4. The SMILES string of the molecule is CC1COCCN1c1nc(-c2cnc(N)nc2)c2c(n1)N(C1CN(S(N)(=O)=O)CC1O)CC2. The third-order valence-corrected chi connectivity index (χ3v) is 7.42. The number of fused-ring (bicyclic) bond motifs is 1. The van der Waals surface area contributed by atoms with Crippen molar-refractivity contribution in [1.29, 1.82) is 0 Å². The summed E-state index contributed by atoms with van der Waals surface area (Å²) >= 11 is 0. The molecule has 2 aromatic rings. The first kappa shape index (κ1) is 22.2. The van der Waals surface area contributed by atoms with Gasteiger partial charge in [-0.25, -0.2) is 20.1 Å². The van der Waals surface area contributed by atoms with E-state index in [-0.39, 0.29) is 25.1 Å². The van der Waals surface area contributed by atoms with Gasteiger partial charge < -0.3 is 25.4 Å². The molecule has 0 saturated carbocycles. The van der Waals surface area contributed by atoms with Crippen LogP contribution in [-0.2, 0) is 21.4 Å². The van der Waals surface area contributed by atoms with Gasteiger partial charge in [-0.2, -0.15) is 17.7 Å². The number of rotatable bonds is 4. The lowest BCUT2D eigenvalue weighted by Crippen LogP contribution is -2.45. The van der Waals surface area contributed by atoms with Gasteiger partial charge in [0.1, 0.15) is 5.82 Å². The molecule has 3 unspecified atom stereocenters. The minimum Gasteiger partial charge on any atom is -0.390 e. The molecule has 5 heterocycles. The maximum Gasteiger partial charge on any atom is 0.277 e. The van der Waals surface area contributed by atoms with E-state index in [9.17, 15) is 13.5 Å². The van der Waals surface area contributed by atoms with Crippen LogP contribution in [0.3, 0.4) is 0 Å². The Morgan fingerprint density at radius 2 is 1.91 bits per heavy atom. The fourth-order valence-corrected chi connectivity index (χ4v) is 5.41. The van der Waals surface area contributed by atoms with Crippen molar-refractivity contribution in [3.05, 3.63) is 18.0 Å². The minimum absolute atomic E-state index is 0.0492. The highest BCUT2D eigenvalue weighted by Gasteiger charge is 2.43. The number of morpholine rings is 1. The molecule has 3 atom stereocenters. The normalized spacial score (nSPS) is 26.1. The van der Waals surface area contributed by atoms with Crippen molar-refractivity contribution < 1.29 is 18.3 Å². The Bertz CT molecular complexity index is 1150. The van der Waals surface area contributed by atoms with E-state index in [0.29, 0.717) is 55.7 Å². The number of nitrogens with two attached hydrogens (primary N) is 2. The lowest BCUT2D eigenvalue weighted by Gasteiger charge is -2.34. The van der Waals surface area contributed by atoms with Crippen LogP contribution in [0.25, 0.3) is 11.3 Å². The molecule has 178 valence electrons. The Balaban J connectivity index is 1.58. The highest BCUT2D eigenvalue weighted by atomic mass is 32.2. The van der Waals surface area contributed by atoms with Crippen molar-refractivity contribution >= 4 is 27.9 Å². The first-order valence-corrected chi connectivity index (χ1v) is 12.3. The summed E-state index contributed by atoms with van der Waals surface area (Å²) in [6.45, 7) is 4.43. The van der Waals surface area contributed by atoms with Crippen LogP contribution in [0.1, 0.15) is 12.5 Å². The quantitative estimate of drug-likeness (QED) is 0.460. The second kappa shape index (κ2) is 8.29. The molecule has 2 saturated heterocycles. The first-order valence-electron chi connectivity index (χ1n) is 10.8. The van der Waals surface area contributed by atoms with Crippen molar-refractivity contribution in [1.82, 2.24) is 24.2 Å². The molecular weight excluding hydrogens is 450 g/mol. The third-order valence-electron chi connectivity index (χ3n) is 6.40. The number of β-amino-alcohol motifs (C(OH)–C–C–N with tert-alkyl or cyclic N) is 1. The molecule has 0 amide bonds. The van der Waals surface area contributed by atoms with Crippen molar-refractivity contribution in [2.75, 3.05) is 54.9 Å². The zero-order valence-corrected chi connectivity index (χ0v) is 19.0. The van der Waals surface area contributed by atoms with Gasteiger partial charge in [-0.15, -0.1) is 0 Å². The monoisotopic (exact) mass is 477 g/mol. The molecule has 0 spiro atoms. The summed E-state index contributed by atoms with van der Waals surface area (Å²) in [6.07, 6.45) is 3.01. The van der Waals surface area contributed by atoms with E-state index in [1.165, 1.54) is 0 Å². The molecule has 0 bridgehead atoms. The third kappa shape index (κ3) is 4.08. The number of nitrogens with zero attached hydrogens (tertiary/aromatic N) is 7. The van der Waals surface area contributed by atoms with Crippen LogP contribution in [0.15, 0.2) is 12.4 Å². The molecule has 5 rings (SSSR count). The van der Waals surface area contributed by atoms with Crippen LogP contribution in [-0.4, -0.2) is 95.3 Å². The minimum atomic E-state index is -3.90. The van der Waals surface area contributed by atoms with Crippen LogP contribution in [0.2, 0.25) is 0 Å². The van der Waals surface area contributed by atoms with E-state index in [1.807, 2.05) is 11.8 Å². The largest absolute Gasteiger partial charge is 0.390 e. The number of anilines is 3. The van der Waals surface area contributed by atoms with Crippen LogP contribution >= 0.6 is 0 Å². The van der Waals surface area contributed by atoms with Gasteiger partial charge in [0.25, 0.3) is 10.2 Å². The molecule has 0 aliphatic carbocycles. The van der Waals surface area contributed by atoms with E-state index < -0.39 is 22.4 Å². The zero-order chi connectivity index (χ0) is 23.3. The molecule has 14 heteroatoms. The molecule has 0 aromatic carbocycles. The number of aliphatic hydroxyl groups excluding tert-OH is 1. The fraction of sp³-hybridized carbons (Fsp3) is 0.579. The summed E-state index contributed by atoms with van der Waals surface area (Å²) in [4.78, 5) is 22.0. The van der Waals surface area contributed by atoms with Crippen LogP contribution in [0.4, 0.5) is 17.7 Å². The number of hydrogen-bond donors (Lipinski definition) is 3. The summed E-state index contributed by atoms with van der Waals surface area (Å²) in [6, 6.07) is -0.387. The van der Waals surface area contributed by atoms with Gasteiger partial charge in [0.15, 0.2) is 0 Å². The molecule has 13 nitrogen and oxygen atoms in total. The average molecular weight is 478 g/mol. The number of hydrogen-bond acceptors (Lipinski definition) is 11. The molecule has 2 aromatic heterocycles. The Labute approximate surface area is 191 Å². The fourth-order valence-electron chi connectivity index (χ4n) is 4.69. The van der Waals surface area contributed by atoms with Gasteiger partial charge in [-0.05, 0) is 13.3 Å². The lowest BCUT2D eigenvalue weighted by atomic mass is 10.1. The van der Waals surface area contributed by atoms with E-state index in [0.717, 1.165) is 9.87 Å². The molecule has 3 aliphatic heterocycles. The zero-order valence-electron chi connectivity index (χ0n) is 18.2. The van der Waals surface area contributed by atoms with Gasteiger partial charge >= 0.3 is 0 Å². The van der Waals surface area contributed by atoms with E-state index in [4.69, 9.17) is 25.6 Å². The predicted octanol–water partition coefficient (Wildman–Crippen LogP) is -1.65. The van der Waals surface area contributed by atoms with E-state index in [1.54, 1.807) is 12.4 Å². The highest BCUT2D eigenvalue weighted by molar-refractivity contribution is 7.86. The van der Waals surface area contributed by atoms with Gasteiger partial charge in [0.2, 0.25) is 11.9 Å². The van der Waals surface area contributed by atoms with E-state index in [2.05, 4.69) is 14.9 Å². The van der Waals surface area contributed by atoms with Crippen molar-refractivity contribution in [2.45, 2.75) is 31.5 Å². The van der Waals surface area contributed by atoms with Gasteiger partial charge in [-0.3, -0.25) is 0 Å². The maximum atomic E-state index is 11.9. The standard InChI is InChI=1S/C19H27N9O4S/c1-11-10-32-5-4-27(11)19-24-16(12-6-22-18(20)23-7-12)13-2-3-28(17(13)25-19)14-8-26(9-15(14)29)33(21,30)31/h6-7,11,14-15,29H,2-5,8-10H2,1H3,(H2,20,22,23)(H2,21,30,31). The van der Waals surface area contributed by atoms with Crippen LogP contribution in [0.5, 0.6) is 0 Å². The first-order chi connectivity index (χ1) is 15.7. The molecule has 0 radical (unpaired) electrons. The Kier molecular flexibility index (Phi) is 5.56. The molecule has 3 aliphatic rings. The molecule has 33 heavy (non-hydrogen) atoms. The Morgan fingerprint density at radius 1 is 1.15 bits per heavy atom. The topological polar surface area (TPSA) is 177 Å². The molecule has 5 N–H and O–H groups in total. The Hall–Kier alpha value is -2.65. The average Bonchev–Trinajstić information content (AvgIpc) is 3.37. The number of nitrogen functional groups attached to an aromatic ring is 1. The number of ether oxygens (including phenoxy) is 1. The summed E-state index contributed by atoms with van der Waals surface area (Å²) in [7, 11) is -3.90. The van der Waals surface area contributed by atoms with Crippen molar-refractivity contribution in [3.63, 3.8) is 0 Å². The number of aliphatic hydroxyl groups is 1. The molecule has 2 fully saturated rings. The van der Waals surface area contributed by atoms with Gasteiger partial charge in [-0.1, -0.05) is 0 Å². The maximum absolute atomic E-state index is 11.9. The van der Waals surface area contributed by atoms with Gasteiger partial charge in [0, 0.05) is 49.7 Å².